The summed E-state index contributed by atoms with van der Waals surface area (Å²) in [5.41, 5.74) is 4.62. The number of nitrogens with zero attached hydrogens (tertiary/aromatic N) is 7. The van der Waals surface area contributed by atoms with E-state index in [0.29, 0.717) is 17.0 Å². The van der Waals surface area contributed by atoms with Gasteiger partial charge in [-0.2, -0.15) is 5.10 Å². The summed E-state index contributed by atoms with van der Waals surface area (Å²) in [6, 6.07) is 15.3. The molecule has 1 fully saturated rings. The van der Waals surface area contributed by atoms with Gasteiger partial charge < -0.3 is 14.6 Å². The highest BCUT2D eigenvalue weighted by Crippen LogP contribution is 2.25. The summed E-state index contributed by atoms with van der Waals surface area (Å²) >= 11 is 0. The summed E-state index contributed by atoms with van der Waals surface area (Å²) in [6.45, 7) is 8.33. The van der Waals surface area contributed by atoms with Crippen LogP contribution in [0.2, 0.25) is 0 Å². The van der Waals surface area contributed by atoms with E-state index in [1.807, 2.05) is 36.4 Å². The lowest BCUT2D eigenvalue weighted by Gasteiger charge is -2.33. The molecule has 0 unspecified atom stereocenters. The van der Waals surface area contributed by atoms with Gasteiger partial charge in [0, 0.05) is 37.9 Å². The standard InChI is InChI=1S/C17H14FN3O.C11H18N4/c1-12-9-15(19-11-14(12)18)16-10-17(21(20-16)7-8-22)13-5-3-2-4-6-13;1-3-10-8-11(13-9-12-10)15-6-4-14(2)5-7-15/h2-6,8-11H,7H2,1H3;8-9H,3-7H2,1-2H3. The average molecular weight is 502 g/mol. The monoisotopic (exact) mass is 501 g/mol. The van der Waals surface area contributed by atoms with E-state index in [-0.39, 0.29) is 12.4 Å². The Morgan fingerprint density at radius 2 is 1.73 bits per heavy atom. The molecule has 37 heavy (non-hydrogen) atoms. The number of hydrogen-bond donors (Lipinski definition) is 0. The average Bonchev–Trinajstić information content (AvgIpc) is 3.36. The molecule has 0 aliphatic carbocycles. The van der Waals surface area contributed by atoms with Gasteiger partial charge in [0.1, 0.15) is 29.9 Å². The molecule has 9 heteroatoms. The number of aryl methyl sites for hydroxylation is 2. The number of piperazine rings is 1. The highest BCUT2D eigenvalue weighted by atomic mass is 19.1. The Morgan fingerprint density at radius 3 is 2.41 bits per heavy atom. The Labute approximate surface area is 216 Å². The minimum atomic E-state index is -0.348. The Bertz CT molecular complexity index is 1320. The van der Waals surface area contributed by atoms with Crippen LogP contribution in [0.15, 0.2) is 61.1 Å². The molecule has 0 radical (unpaired) electrons. The maximum atomic E-state index is 13.4. The molecule has 0 amide bonds. The summed E-state index contributed by atoms with van der Waals surface area (Å²) < 4.78 is 15.0. The van der Waals surface area contributed by atoms with Crippen molar-refractivity contribution in [1.29, 1.82) is 0 Å². The summed E-state index contributed by atoms with van der Waals surface area (Å²) in [5.74, 6) is 0.731. The maximum absolute atomic E-state index is 13.4. The first-order chi connectivity index (χ1) is 18.0. The molecule has 1 aliphatic rings. The number of carbonyl (C=O) groups excluding carboxylic acids is 1. The highest BCUT2D eigenvalue weighted by Gasteiger charge is 2.15. The predicted molar refractivity (Wildman–Crippen MR) is 143 cm³/mol. The number of pyridine rings is 1. The van der Waals surface area contributed by atoms with Crippen molar-refractivity contribution in [3.8, 4) is 22.6 Å². The Morgan fingerprint density at radius 1 is 0.973 bits per heavy atom. The van der Waals surface area contributed by atoms with Crippen molar-refractivity contribution in [2.45, 2.75) is 26.8 Å². The summed E-state index contributed by atoms with van der Waals surface area (Å²) in [5, 5.41) is 4.42. The second-order valence-electron chi connectivity index (χ2n) is 8.96. The highest BCUT2D eigenvalue weighted by molar-refractivity contribution is 5.68. The molecule has 3 aromatic heterocycles. The number of carbonyl (C=O) groups is 1. The van der Waals surface area contributed by atoms with Gasteiger partial charge >= 0.3 is 0 Å². The van der Waals surface area contributed by atoms with E-state index in [1.165, 1.54) is 6.20 Å². The van der Waals surface area contributed by atoms with Gasteiger partial charge in [0.05, 0.1) is 24.1 Å². The van der Waals surface area contributed by atoms with Crippen LogP contribution in [0.4, 0.5) is 10.2 Å². The molecule has 0 spiro atoms. The summed E-state index contributed by atoms with van der Waals surface area (Å²) in [7, 11) is 2.16. The lowest BCUT2D eigenvalue weighted by molar-refractivity contribution is -0.108. The first-order valence-electron chi connectivity index (χ1n) is 12.4. The molecule has 1 aromatic carbocycles. The first-order valence-corrected chi connectivity index (χ1v) is 12.4. The van der Waals surface area contributed by atoms with Crippen LogP contribution in [0.3, 0.4) is 0 Å². The molecule has 192 valence electrons. The third-order valence-corrected chi connectivity index (χ3v) is 6.31. The van der Waals surface area contributed by atoms with Crippen molar-refractivity contribution in [3.05, 3.63) is 78.1 Å². The molecule has 1 aliphatic heterocycles. The molecular weight excluding hydrogens is 469 g/mol. The number of aldehydes is 1. The second kappa shape index (κ2) is 12.3. The Kier molecular flexibility index (Phi) is 8.68. The van der Waals surface area contributed by atoms with E-state index >= 15 is 0 Å². The lowest BCUT2D eigenvalue weighted by atomic mass is 10.1. The van der Waals surface area contributed by atoms with E-state index in [2.05, 4.69) is 49.9 Å². The third kappa shape index (κ3) is 6.62. The van der Waals surface area contributed by atoms with Crippen LogP contribution in [0.1, 0.15) is 18.2 Å². The number of halogens is 1. The van der Waals surface area contributed by atoms with Gasteiger partial charge in [-0.15, -0.1) is 0 Å². The number of rotatable bonds is 6. The van der Waals surface area contributed by atoms with Crippen LogP contribution in [0.5, 0.6) is 0 Å². The molecule has 4 heterocycles. The van der Waals surface area contributed by atoms with Gasteiger partial charge in [0.2, 0.25) is 0 Å². The maximum Gasteiger partial charge on any atom is 0.144 e. The molecular formula is C28H32FN7O. The smallest absolute Gasteiger partial charge is 0.144 e. The van der Waals surface area contributed by atoms with E-state index in [0.717, 1.165) is 61.7 Å². The van der Waals surface area contributed by atoms with Crippen LogP contribution in [0, 0.1) is 12.7 Å². The number of hydrogen-bond acceptors (Lipinski definition) is 7. The van der Waals surface area contributed by atoms with Gasteiger partial charge in [-0.1, -0.05) is 37.3 Å². The fourth-order valence-corrected chi connectivity index (χ4v) is 4.06. The van der Waals surface area contributed by atoms with Gasteiger partial charge in [-0.05, 0) is 43.7 Å². The second-order valence-corrected chi connectivity index (χ2v) is 8.96. The van der Waals surface area contributed by atoms with Crippen molar-refractivity contribution in [2.24, 2.45) is 0 Å². The van der Waals surface area contributed by atoms with Crippen LogP contribution in [-0.4, -0.2) is 69.1 Å². The molecule has 0 saturated carbocycles. The molecule has 5 rings (SSSR count). The Balaban J connectivity index is 0.000000186. The molecule has 0 bridgehead atoms. The number of anilines is 1. The fraction of sp³-hybridized carbons (Fsp3) is 0.321. The zero-order chi connectivity index (χ0) is 26.2. The van der Waals surface area contributed by atoms with Crippen molar-refractivity contribution < 1.29 is 9.18 Å². The van der Waals surface area contributed by atoms with Gasteiger partial charge in [-0.3, -0.25) is 9.67 Å². The topological polar surface area (TPSA) is 80.0 Å². The van der Waals surface area contributed by atoms with Crippen molar-refractivity contribution >= 4 is 12.1 Å². The first kappa shape index (κ1) is 26.1. The van der Waals surface area contributed by atoms with Crippen LogP contribution in [0.25, 0.3) is 22.6 Å². The molecule has 8 nitrogen and oxygen atoms in total. The van der Waals surface area contributed by atoms with Gasteiger partial charge in [0.15, 0.2) is 0 Å². The fourth-order valence-electron chi connectivity index (χ4n) is 4.06. The molecule has 4 aromatic rings. The van der Waals surface area contributed by atoms with E-state index in [9.17, 15) is 9.18 Å². The molecule has 0 N–H and O–H groups in total. The van der Waals surface area contributed by atoms with Gasteiger partial charge in [0.25, 0.3) is 0 Å². The van der Waals surface area contributed by atoms with Crippen molar-refractivity contribution in [1.82, 2.24) is 29.6 Å². The third-order valence-electron chi connectivity index (χ3n) is 6.31. The number of aromatic nitrogens is 5. The van der Waals surface area contributed by atoms with Gasteiger partial charge in [-0.25, -0.2) is 14.4 Å². The minimum absolute atomic E-state index is 0.157. The van der Waals surface area contributed by atoms with Crippen LogP contribution < -0.4 is 4.90 Å². The van der Waals surface area contributed by atoms with E-state index in [1.54, 1.807) is 24.0 Å². The normalized spacial score (nSPS) is 13.7. The number of likely N-dealkylation sites (N-methyl/N-ethyl adjacent to an activating group) is 1. The van der Waals surface area contributed by atoms with Crippen molar-refractivity contribution in [2.75, 3.05) is 38.1 Å². The van der Waals surface area contributed by atoms with E-state index in [4.69, 9.17) is 0 Å². The molecule has 0 atom stereocenters. The lowest BCUT2D eigenvalue weighted by Crippen LogP contribution is -2.44. The van der Waals surface area contributed by atoms with Crippen molar-refractivity contribution in [3.63, 3.8) is 0 Å². The largest absolute Gasteiger partial charge is 0.354 e. The Hall–Kier alpha value is -3.98. The summed E-state index contributed by atoms with van der Waals surface area (Å²) in [6.07, 6.45) is 4.63. The SMILES string of the molecule is CCc1cc(N2CCN(C)CC2)ncn1.Cc1cc(-c2cc(-c3ccccc3)n(CC=O)n2)ncc1F. The molecule has 1 saturated heterocycles. The van der Waals surface area contributed by atoms with E-state index < -0.39 is 0 Å². The minimum Gasteiger partial charge on any atom is -0.354 e. The zero-order valence-corrected chi connectivity index (χ0v) is 21.5. The zero-order valence-electron chi connectivity index (χ0n) is 21.5. The quantitative estimate of drug-likeness (QED) is 0.369. The number of benzene rings is 1. The van der Waals surface area contributed by atoms with Crippen LogP contribution >= 0.6 is 0 Å². The van der Waals surface area contributed by atoms with Crippen LogP contribution in [-0.2, 0) is 17.8 Å². The summed E-state index contributed by atoms with van der Waals surface area (Å²) in [4.78, 5) is 28.2. The predicted octanol–water partition coefficient (Wildman–Crippen LogP) is 4.05.